The van der Waals surface area contributed by atoms with E-state index in [0.717, 1.165) is 6.20 Å². The minimum absolute atomic E-state index is 0.0626. The van der Waals surface area contributed by atoms with Crippen LogP contribution in [0.5, 0.6) is 5.88 Å². The van der Waals surface area contributed by atoms with Gasteiger partial charge in [-0.1, -0.05) is 0 Å². The van der Waals surface area contributed by atoms with Crippen molar-refractivity contribution in [2.45, 2.75) is 26.4 Å². The molecule has 1 heterocycles. The average molecular weight is 195 g/mol. The second-order valence-corrected chi connectivity index (χ2v) is 3.74. The van der Waals surface area contributed by atoms with Crippen LogP contribution in [-0.4, -0.2) is 21.5 Å². The summed E-state index contributed by atoms with van der Waals surface area (Å²) in [6, 6.07) is 0. The summed E-state index contributed by atoms with van der Waals surface area (Å²) in [6.45, 7) is 5.21. The number of esters is 1. The molecule has 0 aromatic carbocycles. The molecule has 0 atom stereocenters. The van der Waals surface area contributed by atoms with Gasteiger partial charge in [-0.2, -0.15) is 4.98 Å². The summed E-state index contributed by atoms with van der Waals surface area (Å²) < 4.78 is 5.00. The van der Waals surface area contributed by atoms with Crippen molar-refractivity contribution in [2.75, 3.05) is 0 Å². The van der Waals surface area contributed by atoms with Crippen molar-refractivity contribution in [3.8, 4) is 5.88 Å². The minimum atomic E-state index is -0.636. The number of nitrogens with zero attached hydrogens (tertiary/aromatic N) is 2. The van der Waals surface area contributed by atoms with Crippen molar-refractivity contribution in [3.05, 3.63) is 18.1 Å². The fourth-order valence-electron chi connectivity index (χ4n) is 0.777. The van der Waals surface area contributed by atoms with Gasteiger partial charge in [-0.05, 0) is 20.8 Å². The van der Waals surface area contributed by atoms with E-state index < -0.39 is 17.5 Å². The maximum atomic E-state index is 11.3. The Labute approximate surface area is 81.8 Å². The van der Waals surface area contributed by atoms with Crippen LogP contribution in [0.1, 0.15) is 31.3 Å². The number of carbonyl (C=O) groups is 1. The molecule has 1 radical (unpaired) electrons. The van der Waals surface area contributed by atoms with E-state index in [-0.39, 0.29) is 5.69 Å². The van der Waals surface area contributed by atoms with Gasteiger partial charge in [0.1, 0.15) is 5.60 Å². The molecule has 14 heavy (non-hydrogen) atoms. The number of aromatic nitrogens is 2. The zero-order valence-electron chi connectivity index (χ0n) is 8.27. The molecule has 1 rings (SSSR count). The van der Waals surface area contributed by atoms with Crippen LogP contribution in [0, 0.1) is 0 Å². The van der Waals surface area contributed by atoms with Crippen molar-refractivity contribution in [3.63, 3.8) is 0 Å². The number of hydrogen-bond donors (Lipinski definition) is 0. The molecule has 0 amide bonds. The molecule has 0 saturated heterocycles. The SMILES string of the molecule is CC(C)(C)OC(=O)c1cncc([O])n1. The number of ether oxygens (including phenoxy) is 1. The Morgan fingerprint density at radius 3 is 2.50 bits per heavy atom. The van der Waals surface area contributed by atoms with E-state index in [1.165, 1.54) is 6.20 Å². The third kappa shape index (κ3) is 3.01. The van der Waals surface area contributed by atoms with E-state index in [9.17, 15) is 9.90 Å². The maximum absolute atomic E-state index is 11.3. The molecule has 0 spiro atoms. The Bertz CT molecular complexity index is 344. The molecule has 0 aliphatic rings. The fraction of sp³-hybridized carbons (Fsp3) is 0.444. The molecular weight excluding hydrogens is 184 g/mol. The largest absolute Gasteiger partial charge is 0.455 e. The number of carbonyl (C=O) groups excluding carboxylic acids is 1. The lowest BCUT2D eigenvalue weighted by Crippen LogP contribution is -2.24. The van der Waals surface area contributed by atoms with Gasteiger partial charge in [0.15, 0.2) is 5.69 Å². The van der Waals surface area contributed by atoms with E-state index in [1.54, 1.807) is 20.8 Å². The quantitative estimate of drug-likeness (QED) is 0.637. The molecule has 0 N–H and O–H groups in total. The van der Waals surface area contributed by atoms with Gasteiger partial charge in [0, 0.05) is 0 Å². The van der Waals surface area contributed by atoms with E-state index >= 15 is 0 Å². The molecule has 0 aliphatic heterocycles. The lowest BCUT2D eigenvalue weighted by Gasteiger charge is -2.18. The summed E-state index contributed by atoms with van der Waals surface area (Å²) in [6.07, 6.45) is 2.24. The van der Waals surface area contributed by atoms with Crippen LogP contribution in [0.2, 0.25) is 0 Å². The van der Waals surface area contributed by atoms with Gasteiger partial charge in [-0.15, -0.1) is 0 Å². The standard InChI is InChI=1S/C9H11N2O3/c1-9(2,3)14-8(13)6-4-10-5-7(12)11-6/h4-5H,1-3H3. The summed E-state index contributed by atoms with van der Waals surface area (Å²) in [5, 5.41) is 10.8. The average Bonchev–Trinajstić information content (AvgIpc) is 2.01. The topological polar surface area (TPSA) is 72.0 Å². The molecule has 5 heteroatoms. The van der Waals surface area contributed by atoms with Gasteiger partial charge in [0.2, 0.25) is 0 Å². The van der Waals surface area contributed by atoms with Gasteiger partial charge in [0.05, 0.1) is 12.4 Å². The van der Waals surface area contributed by atoms with Crippen LogP contribution < -0.4 is 0 Å². The highest BCUT2D eigenvalue weighted by Crippen LogP contribution is 2.11. The second-order valence-electron chi connectivity index (χ2n) is 3.74. The van der Waals surface area contributed by atoms with Crippen LogP contribution in [0.4, 0.5) is 0 Å². The van der Waals surface area contributed by atoms with Crippen molar-refractivity contribution in [1.82, 2.24) is 9.97 Å². The molecule has 1 aromatic heterocycles. The first-order valence-corrected chi connectivity index (χ1v) is 4.11. The minimum Gasteiger partial charge on any atom is -0.455 e. The highest BCUT2D eigenvalue weighted by molar-refractivity contribution is 5.87. The van der Waals surface area contributed by atoms with E-state index in [4.69, 9.17) is 4.74 Å². The van der Waals surface area contributed by atoms with Crippen molar-refractivity contribution < 1.29 is 14.6 Å². The third-order valence-corrected chi connectivity index (χ3v) is 1.22. The molecule has 1 aromatic rings. The van der Waals surface area contributed by atoms with Crippen LogP contribution >= 0.6 is 0 Å². The molecule has 0 bridgehead atoms. The molecule has 75 valence electrons. The lowest BCUT2D eigenvalue weighted by atomic mass is 10.2. The van der Waals surface area contributed by atoms with Crippen LogP contribution in [0.15, 0.2) is 12.4 Å². The number of rotatable bonds is 1. The fourth-order valence-corrected chi connectivity index (χ4v) is 0.777. The molecule has 0 saturated carbocycles. The predicted octanol–water partition coefficient (Wildman–Crippen LogP) is 1.58. The van der Waals surface area contributed by atoms with Crippen LogP contribution in [0.3, 0.4) is 0 Å². The van der Waals surface area contributed by atoms with Gasteiger partial charge >= 0.3 is 5.97 Å². The summed E-state index contributed by atoms with van der Waals surface area (Å²) in [5.74, 6) is -1.18. The van der Waals surface area contributed by atoms with Gasteiger partial charge < -0.3 is 4.74 Å². The molecule has 0 unspecified atom stereocenters. The second kappa shape index (κ2) is 3.61. The zero-order valence-corrected chi connectivity index (χ0v) is 8.27. The Balaban J connectivity index is 2.80. The van der Waals surface area contributed by atoms with Crippen LogP contribution in [-0.2, 0) is 9.84 Å². The molecular formula is C9H11N2O3. The summed E-state index contributed by atoms with van der Waals surface area (Å²) in [7, 11) is 0. The van der Waals surface area contributed by atoms with Gasteiger partial charge in [0.25, 0.3) is 5.88 Å². The van der Waals surface area contributed by atoms with Crippen molar-refractivity contribution in [1.29, 1.82) is 0 Å². The summed E-state index contributed by atoms with van der Waals surface area (Å²) >= 11 is 0. The van der Waals surface area contributed by atoms with Gasteiger partial charge in [-0.3, -0.25) is 10.1 Å². The monoisotopic (exact) mass is 195 g/mol. The Morgan fingerprint density at radius 1 is 1.36 bits per heavy atom. The summed E-state index contributed by atoms with van der Waals surface area (Å²) in [5.41, 5.74) is -0.662. The highest BCUT2D eigenvalue weighted by atomic mass is 16.6. The van der Waals surface area contributed by atoms with Crippen LogP contribution in [0.25, 0.3) is 0 Å². The Morgan fingerprint density at radius 2 is 2.00 bits per heavy atom. The Kier molecular flexibility index (Phi) is 2.69. The molecule has 0 aliphatic carbocycles. The smallest absolute Gasteiger partial charge is 0.359 e. The van der Waals surface area contributed by atoms with E-state index in [2.05, 4.69) is 9.97 Å². The van der Waals surface area contributed by atoms with Gasteiger partial charge in [-0.25, -0.2) is 4.79 Å². The first-order valence-electron chi connectivity index (χ1n) is 4.11. The van der Waals surface area contributed by atoms with Crippen molar-refractivity contribution in [2.24, 2.45) is 0 Å². The summed E-state index contributed by atoms with van der Waals surface area (Å²) in [4.78, 5) is 18.4. The maximum Gasteiger partial charge on any atom is 0.359 e. The first kappa shape index (κ1) is 10.4. The van der Waals surface area contributed by atoms with Crippen molar-refractivity contribution >= 4 is 5.97 Å². The molecule has 5 nitrogen and oxygen atoms in total. The highest BCUT2D eigenvalue weighted by Gasteiger charge is 2.19. The lowest BCUT2D eigenvalue weighted by molar-refractivity contribution is 0.00608. The van der Waals surface area contributed by atoms with E-state index in [0.29, 0.717) is 0 Å². The Hall–Kier alpha value is -1.65. The predicted molar refractivity (Wildman–Crippen MR) is 47.3 cm³/mol. The third-order valence-electron chi connectivity index (χ3n) is 1.22. The zero-order chi connectivity index (χ0) is 10.8. The van der Waals surface area contributed by atoms with E-state index in [1.807, 2.05) is 0 Å². The number of hydrogen-bond acceptors (Lipinski definition) is 4. The normalized spacial score (nSPS) is 11.1. The molecule has 0 fully saturated rings. The first-order chi connectivity index (χ1) is 6.38.